The Morgan fingerprint density at radius 2 is 1.15 bits per heavy atom. The zero-order chi connectivity index (χ0) is 44.2. The van der Waals surface area contributed by atoms with E-state index in [2.05, 4.69) is 77.3 Å². The molecule has 0 amide bonds. The van der Waals surface area contributed by atoms with Crippen LogP contribution in [0.2, 0.25) is 0 Å². The number of hydrogen-bond donors (Lipinski definition) is 2. The van der Waals surface area contributed by atoms with E-state index in [1.807, 2.05) is 6.08 Å². The molecule has 9 heteroatoms. The molecule has 4 fully saturated rings. The summed E-state index contributed by atoms with van der Waals surface area (Å²) < 4.78 is 46.6. The molecule has 0 aromatic carbocycles. The first-order chi connectivity index (χ1) is 28.0. The van der Waals surface area contributed by atoms with Crippen LogP contribution in [0.15, 0.2) is 116 Å². The number of aliphatic hydroxyl groups is 2. The van der Waals surface area contributed by atoms with Crippen LogP contribution in [-0.4, -0.2) is 51.8 Å². The van der Waals surface area contributed by atoms with Gasteiger partial charge >= 0.3 is 0 Å². The van der Waals surface area contributed by atoms with Crippen molar-refractivity contribution in [1.29, 1.82) is 0 Å². The first kappa shape index (κ1) is 51.1. The molecule has 0 aliphatic heterocycles. The minimum absolute atomic E-state index is 0. The molecule has 0 aromatic heterocycles. The highest BCUT2D eigenvalue weighted by Crippen LogP contribution is 2.58. The number of aliphatic hydroxyl groups excluding tert-OH is 2. The molecule has 340 valence electrons. The van der Waals surface area contributed by atoms with Gasteiger partial charge in [0.15, 0.2) is 19.7 Å². The van der Waals surface area contributed by atoms with Crippen LogP contribution in [0.3, 0.4) is 0 Å². The Bertz CT molecular complexity index is 1990. The van der Waals surface area contributed by atoms with E-state index >= 15 is 0 Å². The predicted octanol–water partition coefficient (Wildman–Crippen LogP) is 12.9. The molecule has 61 heavy (non-hydrogen) atoms. The minimum atomic E-state index is -3.33. The van der Waals surface area contributed by atoms with Crippen LogP contribution in [0.25, 0.3) is 0 Å². The van der Waals surface area contributed by atoms with Gasteiger partial charge in [-0.3, -0.25) is 0 Å². The topological polar surface area (TPSA) is 109 Å². The summed E-state index contributed by atoms with van der Waals surface area (Å²) in [7, 11) is -6.42. The molecule has 4 saturated carbocycles. The first-order valence-electron chi connectivity index (χ1n) is 22.4. The fourth-order valence-corrected chi connectivity index (χ4v) is 12.1. The van der Waals surface area contributed by atoms with Crippen LogP contribution in [-0.2, 0) is 19.7 Å². The van der Waals surface area contributed by atoms with Crippen molar-refractivity contribution in [2.45, 2.75) is 157 Å². The summed E-state index contributed by atoms with van der Waals surface area (Å²) in [6.07, 6.45) is 34.7. The number of allylic oxidation sites excluding steroid dienone is 15. The molecule has 0 spiro atoms. The van der Waals surface area contributed by atoms with Crippen molar-refractivity contribution in [3.05, 3.63) is 116 Å². The van der Waals surface area contributed by atoms with E-state index < -0.39 is 19.7 Å². The Morgan fingerprint density at radius 1 is 0.738 bits per heavy atom. The molecule has 2 N–H and O–H groups in total. The molecule has 0 aromatic rings. The van der Waals surface area contributed by atoms with Crippen LogP contribution in [0.5, 0.6) is 0 Å². The SMILES string of the molecule is C.C=C1CC[C@H](O)C/C1=C/C=C1\CCC[C@]2(C)C([C@H](C)C/C=C(\C)S(C)(=O)=O)=CC[C@@H]12.C=C1CC[C@H](O)C/C1=C/C=C1\CCC[C@]2(C)C([C@H](C)C/C=C(\Cl)S(C)(=O)=O)=CC[C@@H]12. The zero-order valence-electron chi connectivity index (χ0n) is 37.5. The first-order valence-corrected chi connectivity index (χ1v) is 26.6. The van der Waals surface area contributed by atoms with E-state index in [9.17, 15) is 27.0 Å². The average molecular weight is 898 g/mol. The van der Waals surface area contributed by atoms with Crippen molar-refractivity contribution in [2.75, 3.05) is 12.5 Å². The Labute approximate surface area is 376 Å². The third-order valence-corrected chi connectivity index (χ3v) is 18.2. The molecule has 0 saturated heterocycles. The van der Waals surface area contributed by atoms with Crippen molar-refractivity contribution >= 4 is 31.3 Å². The zero-order valence-corrected chi connectivity index (χ0v) is 39.9. The van der Waals surface area contributed by atoms with Crippen molar-refractivity contribution in [3.8, 4) is 0 Å². The van der Waals surface area contributed by atoms with Gasteiger partial charge in [0.1, 0.15) is 4.36 Å². The lowest BCUT2D eigenvalue weighted by Crippen LogP contribution is -2.32. The lowest BCUT2D eigenvalue weighted by molar-refractivity contribution is 0.158. The molecule has 6 nitrogen and oxygen atoms in total. The van der Waals surface area contributed by atoms with Gasteiger partial charge in [0, 0.05) is 17.4 Å². The number of hydrogen-bond acceptors (Lipinski definition) is 6. The fraction of sp³-hybridized carbons (Fsp3) is 0.615. The largest absolute Gasteiger partial charge is 0.393 e. The van der Waals surface area contributed by atoms with Gasteiger partial charge in [-0.2, -0.15) is 0 Å². The summed E-state index contributed by atoms with van der Waals surface area (Å²) >= 11 is 5.95. The van der Waals surface area contributed by atoms with Crippen LogP contribution in [0.1, 0.15) is 145 Å². The second kappa shape index (κ2) is 21.0. The summed E-state index contributed by atoms with van der Waals surface area (Å²) in [6, 6.07) is 0. The molecule has 6 rings (SSSR count). The van der Waals surface area contributed by atoms with Gasteiger partial charge in [0.2, 0.25) is 0 Å². The highest BCUT2D eigenvalue weighted by molar-refractivity contribution is 7.96. The number of sulfone groups is 2. The van der Waals surface area contributed by atoms with Crippen LogP contribution >= 0.6 is 11.6 Å². The van der Waals surface area contributed by atoms with E-state index in [-0.39, 0.29) is 40.7 Å². The second-order valence-electron chi connectivity index (χ2n) is 19.4. The van der Waals surface area contributed by atoms with Gasteiger partial charge in [-0.1, -0.05) is 142 Å². The Kier molecular flexibility index (Phi) is 17.6. The van der Waals surface area contributed by atoms with Gasteiger partial charge < -0.3 is 10.2 Å². The number of halogens is 1. The normalized spacial score (nSPS) is 33.7. The predicted molar refractivity (Wildman–Crippen MR) is 258 cm³/mol. The summed E-state index contributed by atoms with van der Waals surface area (Å²) in [5.74, 6) is 1.64. The maximum absolute atomic E-state index is 11.7. The van der Waals surface area contributed by atoms with E-state index in [1.165, 1.54) is 58.1 Å². The maximum atomic E-state index is 11.7. The number of fused-ring (bicyclic) bond motifs is 2. The molecule has 8 atom stereocenters. The third-order valence-electron chi connectivity index (χ3n) is 15.0. The lowest BCUT2D eigenvalue weighted by Gasteiger charge is -2.42. The monoisotopic (exact) mass is 896 g/mol. The fourth-order valence-electron chi connectivity index (χ4n) is 11.2. The van der Waals surface area contributed by atoms with E-state index in [4.69, 9.17) is 11.6 Å². The number of rotatable bonds is 10. The van der Waals surface area contributed by atoms with E-state index in [0.717, 1.165) is 88.9 Å². The van der Waals surface area contributed by atoms with Crippen molar-refractivity contribution in [3.63, 3.8) is 0 Å². The summed E-state index contributed by atoms with van der Waals surface area (Å²) in [4.78, 5) is 0.473. The molecule has 0 bridgehead atoms. The Hall–Kier alpha value is -2.49. The lowest BCUT2D eigenvalue weighted by atomic mass is 9.62. The van der Waals surface area contributed by atoms with Crippen molar-refractivity contribution < 1.29 is 27.0 Å². The van der Waals surface area contributed by atoms with Gasteiger partial charge in [0.25, 0.3) is 0 Å². The van der Waals surface area contributed by atoms with Crippen molar-refractivity contribution in [2.24, 2.45) is 34.5 Å². The smallest absolute Gasteiger partial charge is 0.185 e. The molecular formula is C52H77ClO6S2. The molecule has 6 aliphatic rings. The summed E-state index contributed by atoms with van der Waals surface area (Å²) in [5.41, 5.74) is 11.0. The second-order valence-corrected chi connectivity index (χ2v) is 24.2. The average Bonchev–Trinajstić information content (AvgIpc) is 3.73. The minimum Gasteiger partial charge on any atom is -0.393 e. The summed E-state index contributed by atoms with van der Waals surface area (Å²) in [6.45, 7) is 19.3. The highest BCUT2D eigenvalue weighted by atomic mass is 35.5. The molecule has 0 heterocycles. The third kappa shape index (κ3) is 12.4. The van der Waals surface area contributed by atoms with E-state index in [1.54, 1.807) is 13.0 Å². The van der Waals surface area contributed by atoms with Gasteiger partial charge in [-0.15, -0.1) is 0 Å². The Balaban J connectivity index is 0.000000264. The van der Waals surface area contributed by atoms with Gasteiger partial charge in [-0.25, -0.2) is 16.8 Å². The summed E-state index contributed by atoms with van der Waals surface area (Å²) in [5, 5.41) is 20.0. The maximum Gasteiger partial charge on any atom is 0.185 e. The van der Waals surface area contributed by atoms with Crippen molar-refractivity contribution in [1.82, 2.24) is 0 Å². The Morgan fingerprint density at radius 3 is 1.54 bits per heavy atom. The van der Waals surface area contributed by atoms with Crippen LogP contribution in [0.4, 0.5) is 0 Å². The van der Waals surface area contributed by atoms with Gasteiger partial charge in [-0.05, 0) is 155 Å². The van der Waals surface area contributed by atoms with Crippen LogP contribution < -0.4 is 0 Å². The standard InChI is InChI=1S/C26H38O3S.C25H35ClO3S.CH4/c1-18-9-13-23(27)17-22(18)12-11-21-7-6-16-26(4)24(14-15-25(21)26)19(2)8-10-20(3)30(5,28)29;1-17-7-11-21(27)16-20(17)10-9-19-6-5-15-25(3)22(12-13-23(19)25)18(2)8-14-24(26)30(4,28)29;/h10-12,14,19,23,25,27H,1,6-9,13,15-17H2,2-5H3;9-10,12,14,18,21,23,27H,1,5-8,11,13,15-16H2,2-4H3;1H4/b20-10+,21-11+,22-12-;19-9+,20-10-,24-14+;/t19-,23+,25+,26-;18-,21+,23+,25-;/m11./s1. The van der Waals surface area contributed by atoms with Gasteiger partial charge in [0.05, 0.1) is 12.2 Å². The molecule has 6 aliphatic carbocycles. The highest BCUT2D eigenvalue weighted by Gasteiger charge is 2.47. The molecular weight excluding hydrogens is 820 g/mol. The quantitative estimate of drug-likeness (QED) is 0.211. The van der Waals surface area contributed by atoms with E-state index in [0.29, 0.717) is 35.5 Å². The molecule has 0 radical (unpaired) electrons. The van der Waals surface area contributed by atoms with Crippen LogP contribution in [0, 0.1) is 34.5 Å². The molecule has 0 unspecified atom stereocenters.